The summed E-state index contributed by atoms with van der Waals surface area (Å²) in [5.41, 5.74) is 1.36. The summed E-state index contributed by atoms with van der Waals surface area (Å²) >= 11 is 0. The van der Waals surface area contributed by atoms with Crippen LogP contribution in [0.5, 0.6) is 0 Å². The van der Waals surface area contributed by atoms with Gasteiger partial charge >= 0.3 is 0 Å². The molecule has 1 saturated heterocycles. The third-order valence-corrected chi connectivity index (χ3v) is 4.55. The van der Waals surface area contributed by atoms with Gasteiger partial charge in [0.15, 0.2) is 0 Å². The highest BCUT2D eigenvalue weighted by atomic mass is 15.2. The maximum atomic E-state index is 4.25. The topological polar surface area (TPSA) is 15.3 Å². The zero-order valence-corrected chi connectivity index (χ0v) is 12.3. The number of hydrogen-bond donors (Lipinski definition) is 1. The summed E-state index contributed by atoms with van der Waals surface area (Å²) in [6.07, 6.45) is 8.69. The molecular formula is C16H30N2. The van der Waals surface area contributed by atoms with Crippen molar-refractivity contribution in [1.29, 1.82) is 0 Å². The molecule has 1 atom stereocenters. The van der Waals surface area contributed by atoms with Crippen LogP contribution < -0.4 is 5.32 Å². The van der Waals surface area contributed by atoms with Crippen LogP contribution >= 0.6 is 0 Å². The van der Waals surface area contributed by atoms with Crippen LogP contribution in [0.2, 0.25) is 0 Å². The number of likely N-dealkylation sites (tertiary alicyclic amines) is 1. The quantitative estimate of drug-likeness (QED) is 0.728. The minimum Gasteiger partial charge on any atom is -0.311 e. The van der Waals surface area contributed by atoms with Crippen molar-refractivity contribution in [3.8, 4) is 0 Å². The van der Waals surface area contributed by atoms with Crippen molar-refractivity contribution in [2.75, 3.05) is 19.6 Å². The van der Waals surface area contributed by atoms with E-state index in [0.29, 0.717) is 6.04 Å². The Labute approximate surface area is 113 Å². The molecule has 0 aromatic heterocycles. The molecule has 2 rings (SSSR count). The van der Waals surface area contributed by atoms with Crippen molar-refractivity contribution in [2.45, 2.75) is 64.5 Å². The Bertz CT molecular complexity index is 266. The summed E-state index contributed by atoms with van der Waals surface area (Å²) in [7, 11) is 0. The van der Waals surface area contributed by atoms with E-state index in [4.69, 9.17) is 0 Å². The Morgan fingerprint density at radius 1 is 1.22 bits per heavy atom. The molecule has 1 N–H and O–H groups in total. The van der Waals surface area contributed by atoms with Crippen molar-refractivity contribution in [2.24, 2.45) is 5.92 Å². The van der Waals surface area contributed by atoms with Crippen LogP contribution in [0.25, 0.3) is 0 Å². The monoisotopic (exact) mass is 250 g/mol. The first-order valence-corrected chi connectivity index (χ1v) is 7.81. The van der Waals surface area contributed by atoms with Gasteiger partial charge in [0.1, 0.15) is 0 Å². The molecule has 1 aliphatic heterocycles. The fourth-order valence-electron chi connectivity index (χ4n) is 3.62. The zero-order chi connectivity index (χ0) is 13.0. The highest BCUT2D eigenvalue weighted by Gasteiger charge is 2.33. The van der Waals surface area contributed by atoms with E-state index in [2.05, 4.69) is 30.6 Å². The fraction of sp³-hybridized carbons (Fsp3) is 0.875. The van der Waals surface area contributed by atoms with Gasteiger partial charge in [0, 0.05) is 25.2 Å². The minimum absolute atomic E-state index is 0.561. The Balaban J connectivity index is 1.78. The molecule has 1 heterocycles. The van der Waals surface area contributed by atoms with Crippen molar-refractivity contribution in [1.82, 2.24) is 10.2 Å². The lowest BCUT2D eigenvalue weighted by molar-refractivity contribution is 0.204. The number of rotatable bonds is 6. The predicted octanol–water partition coefficient (Wildman–Crippen LogP) is 3.20. The van der Waals surface area contributed by atoms with E-state index in [9.17, 15) is 0 Å². The van der Waals surface area contributed by atoms with Gasteiger partial charge in [-0.15, -0.1) is 0 Å². The molecule has 2 nitrogen and oxygen atoms in total. The largest absolute Gasteiger partial charge is 0.311 e. The molecule has 18 heavy (non-hydrogen) atoms. The fourth-order valence-corrected chi connectivity index (χ4v) is 3.62. The Morgan fingerprint density at radius 2 is 1.94 bits per heavy atom. The van der Waals surface area contributed by atoms with Crippen LogP contribution in [0.4, 0.5) is 0 Å². The Morgan fingerprint density at radius 3 is 2.61 bits per heavy atom. The van der Waals surface area contributed by atoms with Crippen LogP contribution in [0.1, 0.15) is 52.4 Å². The van der Waals surface area contributed by atoms with Crippen molar-refractivity contribution in [3.63, 3.8) is 0 Å². The molecule has 0 aromatic carbocycles. The van der Waals surface area contributed by atoms with E-state index in [0.717, 1.165) is 25.0 Å². The van der Waals surface area contributed by atoms with Gasteiger partial charge in [0.25, 0.3) is 0 Å². The normalized spacial score (nSPS) is 26.3. The lowest BCUT2D eigenvalue weighted by Gasteiger charge is -2.30. The lowest BCUT2D eigenvalue weighted by Crippen LogP contribution is -2.37. The molecule has 2 heteroatoms. The van der Waals surface area contributed by atoms with E-state index >= 15 is 0 Å². The van der Waals surface area contributed by atoms with Crippen LogP contribution in [-0.4, -0.2) is 36.6 Å². The second-order valence-corrected chi connectivity index (χ2v) is 6.51. The van der Waals surface area contributed by atoms with Gasteiger partial charge in [-0.25, -0.2) is 0 Å². The van der Waals surface area contributed by atoms with Gasteiger partial charge in [-0.1, -0.05) is 33.3 Å². The molecule has 1 saturated carbocycles. The summed E-state index contributed by atoms with van der Waals surface area (Å²) < 4.78 is 0. The third-order valence-electron chi connectivity index (χ3n) is 4.55. The van der Waals surface area contributed by atoms with Gasteiger partial charge in [0.05, 0.1) is 0 Å². The van der Waals surface area contributed by atoms with E-state index in [1.807, 2.05) is 0 Å². The first kappa shape index (κ1) is 14.1. The summed E-state index contributed by atoms with van der Waals surface area (Å²) in [6.45, 7) is 12.0. The Kier molecular flexibility index (Phi) is 5.25. The molecule has 1 unspecified atom stereocenters. The third kappa shape index (κ3) is 3.83. The number of hydrogen-bond acceptors (Lipinski definition) is 2. The van der Waals surface area contributed by atoms with Crippen molar-refractivity contribution in [3.05, 3.63) is 12.2 Å². The highest BCUT2D eigenvalue weighted by Crippen LogP contribution is 2.35. The molecule has 2 aliphatic rings. The Hall–Kier alpha value is -0.340. The van der Waals surface area contributed by atoms with E-state index < -0.39 is 0 Å². The summed E-state index contributed by atoms with van der Waals surface area (Å²) in [5, 5.41) is 3.48. The van der Waals surface area contributed by atoms with E-state index in [1.165, 1.54) is 50.6 Å². The van der Waals surface area contributed by atoms with Gasteiger partial charge in [-0.3, -0.25) is 4.90 Å². The van der Waals surface area contributed by atoms with Gasteiger partial charge < -0.3 is 5.32 Å². The summed E-state index contributed by atoms with van der Waals surface area (Å²) in [4.78, 5) is 2.71. The molecule has 0 bridgehead atoms. The van der Waals surface area contributed by atoms with Crippen LogP contribution in [-0.2, 0) is 0 Å². The van der Waals surface area contributed by atoms with Gasteiger partial charge in [-0.2, -0.15) is 0 Å². The SMILES string of the molecule is C=C(CNC(C)C)CN1CCCC1C1CCCC1. The number of nitrogens with one attached hydrogen (secondary N) is 1. The second kappa shape index (κ2) is 6.72. The van der Waals surface area contributed by atoms with Gasteiger partial charge in [-0.05, 0) is 43.7 Å². The molecular weight excluding hydrogens is 220 g/mol. The smallest absolute Gasteiger partial charge is 0.0205 e. The van der Waals surface area contributed by atoms with Gasteiger partial charge in [0.2, 0.25) is 0 Å². The first-order chi connectivity index (χ1) is 8.66. The number of nitrogens with zero attached hydrogens (tertiary/aromatic N) is 1. The maximum Gasteiger partial charge on any atom is 0.0205 e. The van der Waals surface area contributed by atoms with Crippen LogP contribution in [0.3, 0.4) is 0 Å². The zero-order valence-electron chi connectivity index (χ0n) is 12.3. The second-order valence-electron chi connectivity index (χ2n) is 6.51. The van der Waals surface area contributed by atoms with Crippen LogP contribution in [0.15, 0.2) is 12.2 Å². The average molecular weight is 250 g/mol. The van der Waals surface area contributed by atoms with Crippen LogP contribution in [0, 0.1) is 5.92 Å². The molecule has 0 aromatic rings. The summed E-state index contributed by atoms with van der Waals surface area (Å²) in [5.74, 6) is 0.985. The van der Waals surface area contributed by atoms with E-state index in [-0.39, 0.29) is 0 Å². The summed E-state index contributed by atoms with van der Waals surface area (Å²) in [6, 6.07) is 1.43. The highest BCUT2D eigenvalue weighted by molar-refractivity contribution is 5.03. The maximum absolute atomic E-state index is 4.25. The van der Waals surface area contributed by atoms with E-state index in [1.54, 1.807) is 0 Å². The molecule has 0 radical (unpaired) electrons. The molecule has 0 amide bonds. The predicted molar refractivity (Wildman–Crippen MR) is 78.8 cm³/mol. The molecule has 104 valence electrons. The standard InChI is InChI=1S/C16H30N2/c1-13(2)17-11-14(3)12-18-10-6-9-16(18)15-7-4-5-8-15/h13,15-17H,3-12H2,1-2H3. The average Bonchev–Trinajstić information content (AvgIpc) is 2.95. The lowest BCUT2D eigenvalue weighted by atomic mass is 9.96. The molecule has 1 aliphatic carbocycles. The van der Waals surface area contributed by atoms with Crippen molar-refractivity contribution >= 4 is 0 Å². The first-order valence-electron chi connectivity index (χ1n) is 7.81. The minimum atomic E-state index is 0.561. The molecule has 0 spiro atoms. The van der Waals surface area contributed by atoms with Crippen molar-refractivity contribution < 1.29 is 0 Å². The molecule has 2 fully saturated rings.